The maximum absolute atomic E-state index is 8.44. The molecule has 0 spiro atoms. The molecule has 1 aromatic heterocycles. The number of hydrogen-bond donors (Lipinski definition) is 3. The van der Waals surface area contributed by atoms with E-state index in [1.807, 2.05) is 6.07 Å². The van der Waals surface area contributed by atoms with Gasteiger partial charge in [0.25, 0.3) is 0 Å². The van der Waals surface area contributed by atoms with Crippen molar-refractivity contribution in [3.8, 4) is 0 Å². The van der Waals surface area contributed by atoms with Crippen molar-refractivity contribution in [2.24, 2.45) is 10.9 Å². The van der Waals surface area contributed by atoms with Crippen molar-refractivity contribution >= 4 is 17.2 Å². The number of hydrogen-bond acceptors (Lipinski definition) is 5. The average molecular weight is 257 g/mol. The third kappa shape index (κ3) is 4.72. The Balaban J connectivity index is 2.16. The molecule has 1 heterocycles. The summed E-state index contributed by atoms with van der Waals surface area (Å²) in [7, 11) is 0. The molecule has 0 aliphatic heterocycles. The van der Waals surface area contributed by atoms with Crippen LogP contribution in [0.1, 0.15) is 24.8 Å². The van der Waals surface area contributed by atoms with Crippen molar-refractivity contribution in [2.45, 2.75) is 26.0 Å². The van der Waals surface area contributed by atoms with Crippen molar-refractivity contribution in [3.05, 3.63) is 22.4 Å². The molecule has 0 aliphatic carbocycles. The normalized spacial score (nSPS) is 15.8. The molecule has 0 radical (unpaired) electrons. The molecule has 0 aromatic carbocycles. The van der Waals surface area contributed by atoms with Gasteiger partial charge in [-0.25, -0.2) is 0 Å². The Kier molecular flexibility index (Phi) is 5.96. The predicted octanol–water partition coefficient (Wildman–Crippen LogP) is 1.55. The number of nitrogens with two attached hydrogens (primary N) is 1. The van der Waals surface area contributed by atoms with Crippen LogP contribution < -0.4 is 11.1 Å². The number of ether oxygens (including phenoxy) is 1. The van der Waals surface area contributed by atoms with Crippen LogP contribution in [0.4, 0.5) is 0 Å². The Morgan fingerprint density at radius 1 is 1.65 bits per heavy atom. The van der Waals surface area contributed by atoms with Crippen LogP contribution in [-0.2, 0) is 4.74 Å². The van der Waals surface area contributed by atoms with E-state index in [-0.39, 0.29) is 11.9 Å². The van der Waals surface area contributed by atoms with Gasteiger partial charge in [-0.2, -0.15) is 0 Å². The van der Waals surface area contributed by atoms with E-state index in [9.17, 15) is 0 Å². The summed E-state index contributed by atoms with van der Waals surface area (Å²) in [6.45, 7) is 5.10. The summed E-state index contributed by atoms with van der Waals surface area (Å²) in [4.78, 5) is 1.30. The molecule has 2 atom stereocenters. The van der Waals surface area contributed by atoms with Crippen LogP contribution >= 0.6 is 11.3 Å². The van der Waals surface area contributed by atoms with Crippen LogP contribution in [0.2, 0.25) is 0 Å². The average Bonchev–Trinajstić information content (AvgIpc) is 2.86. The highest BCUT2D eigenvalue weighted by molar-refractivity contribution is 7.10. The summed E-state index contributed by atoms with van der Waals surface area (Å²) in [5.74, 6) is 0.0938. The number of thiophene rings is 1. The standard InChI is InChI=1S/C11H19N3O2S/c1-8(10-4-3-7-17-10)13-5-6-16-9(2)11(12)14-15/h3-4,7-9,13,15H,5-6H2,1-2H3,(H2,12,14)/t8-,9?/m0/s1. The third-order valence-corrected chi connectivity index (χ3v) is 3.48. The first-order valence-electron chi connectivity index (χ1n) is 5.51. The first-order valence-corrected chi connectivity index (χ1v) is 6.39. The van der Waals surface area contributed by atoms with Gasteiger partial charge in [0.2, 0.25) is 0 Å². The van der Waals surface area contributed by atoms with Gasteiger partial charge in [-0.05, 0) is 25.3 Å². The van der Waals surface area contributed by atoms with Crippen molar-refractivity contribution in [1.29, 1.82) is 0 Å². The third-order valence-electron chi connectivity index (χ3n) is 2.42. The first kappa shape index (κ1) is 14.0. The lowest BCUT2D eigenvalue weighted by molar-refractivity contribution is 0.106. The molecule has 0 bridgehead atoms. The van der Waals surface area contributed by atoms with Gasteiger partial charge >= 0.3 is 0 Å². The largest absolute Gasteiger partial charge is 0.409 e. The number of oxime groups is 1. The van der Waals surface area contributed by atoms with Crippen molar-refractivity contribution in [2.75, 3.05) is 13.2 Å². The van der Waals surface area contributed by atoms with Crippen LogP contribution in [0.15, 0.2) is 22.7 Å². The molecule has 96 valence electrons. The summed E-state index contributed by atoms with van der Waals surface area (Å²) in [6.07, 6.45) is -0.362. The fourth-order valence-electron chi connectivity index (χ4n) is 1.32. The van der Waals surface area contributed by atoms with Gasteiger partial charge in [0, 0.05) is 17.5 Å². The minimum Gasteiger partial charge on any atom is -0.409 e. The van der Waals surface area contributed by atoms with Crippen LogP contribution in [0.3, 0.4) is 0 Å². The monoisotopic (exact) mass is 257 g/mol. The second kappa shape index (κ2) is 7.26. The topological polar surface area (TPSA) is 79.9 Å². The van der Waals surface area contributed by atoms with E-state index in [1.165, 1.54) is 4.88 Å². The number of amidine groups is 1. The van der Waals surface area contributed by atoms with Crippen LogP contribution in [0, 0.1) is 0 Å². The fraction of sp³-hybridized carbons (Fsp3) is 0.545. The molecule has 0 amide bonds. The number of rotatable bonds is 7. The number of nitrogens with one attached hydrogen (secondary N) is 1. The lowest BCUT2D eigenvalue weighted by atomic mass is 10.3. The molecule has 1 unspecified atom stereocenters. The molecule has 0 saturated heterocycles. The van der Waals surface area contributed by atoms with Gasteiger partial charge in [0.15, 0.2) is 5.84 Å². The second-order valence-electron chi connectivity index (χ2n) is 3.73. The highest BCUT2D eigenvalue weighted by Crippen LogP contribution is 2.17. The van der Waals surface area contributed by atoms with E-state index in [4.69, 9.17) is 15.7 Å². The molecule has 17 heavy (non-hydrogen) atoms. The fourth-order valence-corrected chi connectivity index (χ4v) is 2.07. The first-order chi connectivity index (χ1) is 8.15. The minimum absolute atomic E-state index is 0.0938. The zero-order chi connectivity index (χ0) is 12.7. The van der Waals surface area contributed by atoms with Gasteiger partial charge < -0.3 is 21.0 Å². The lowest BCUT2D eigenvalue weighted by Gasteiger charge is -2.14. The molecular formula is C11H19N3O2S. The van der Waals surface area contributed by atoms with Gasteiger partial charge in [-0.1, -0.05) is 11.2 Å². The maximum atomic E-state index is 8.44. The van der Waals surface area contributed by atoms with E-state index >= 15 is 0 Å². The van der Waals surface area contributed by atoms with Crippen molar-refractivity contribution in [1.82, 2.24) is 5.32 Å². The van der Waals surface area contributed by atoms with Gasteiger partial charge in [-0.15, -0.1) is 11.3 Å². The highest BCUT2D eigenvalue weighted by atomic mass is 32.1. The van der Waals surface area contributed by atoms with E-state index in [2.05, 4.69) is 28.8 Å². The summed E-state index contributed by atoms with van der Waals surface area (Å²) in [5.41, 5.74) is 5.39. The maximum Gasteiger partial charge on any atom is 0.168 e. The Hall–Kier alpha value is -1.11. The van der Waals surface area contributed by atoms with Crippen molar-refractivity contribution < 1.29 is 9.94 Å². The molecular weight excluding hydrogens is 238 g/mol. The summed E-state index contributed by atoms with van der Waals surface area (Å²) < 4.78 is 5.39. The van der Waals surface area contributed by atoms with Crippen LogP contribution in [0.25, 0.3) is 0 Å². The second-order valence-corrected chi connectivity index (χ2v) is 4.71. The molecule has 1 aromatic rings. The van der Waals surface area contributed by atoms with Gasteiger partial charge in [0.1, 0.15) is 6.10 Å². The summed E-state index contributed by atoms with van der Waals surface area (Å²) >= 11 is 1.73. The smallest absolute Gasteiger partial charge is 0.168 e. The molecule has 1 rings (SSSR count). The zero-order valence-electron chi connectivity index (χ0n) is 10.1. The van der Waals surface area contributed by atoms with Crippen molar-refractivity contribution in [3.63, 3.8) is 0 Å². The van der Waals surface area contributed by atoms with E-state index in [0.29, 0.717) is 12.6 Å². The van der Waals surface area contributed by atoms with Gasteiger partial charge in [-0.3, -0.25) is 0 Å². The molecule has 0 saturated carbocycles. The Morgan fingerprint density at radius 3 is 3.00 bits per heavy atom. The van der Waals surface area contributed by atoms with E-state index in [1.54, 1.807) is 18.3 Å². The Labute approximate surface area is 105 Å². The Bertz CT molecular complexity index is 340. The van der Waals surface area contributed by atoms with E-state index < -0.39 is 0 Å². The molecule has 0 fully saturated rings. The lowest BCUT2D eigenvalue weighted by Crippen LogP contribution is -2.31. The quantitative estimate of drug-likeness (QED) is 0.228. The summed E-state index contributed by atoms with van der Waals surface area (Å²) in [5, 5.41) is 16.7. The zero-order valence-corrected chi connectivity index (χ0v) is 10.9. The van der Waals surface area contributed by atoms with Gasteiger partial charge in [0.05, 0.1) is 6.61 Å². The molecule has 5 nitrogen and oxygen atoms in total. The van der Waals surface area contributed by atoms with Crippen LogP contribution in [-0.4, -0.2) is 30.3 Å². The SMILES string of the molecule is CC(OCCN[C@@H](C)c1cccs1)/C(N)=N/O. The molecule has 4 N–H and O–H groups in total. The number of nitrogens with zero attached hydrogens (tertiary/aromatic N) is 1. The highest BCUT2D eigenvalue weighted by Gasteiger charge is 2.08. The molecule has 0 aliphatic rings. The van der Waals surface area contributed by atoms with E-state index in [0.717, 1.165) is 6.54 Å². The minimum atomic E-state index is -0.362. The molecule has 6 heteroatoms. The predicted molar refractivity (Wildman–Crippen MR) is 69.6 cm³/mol. The van der Waals surface area contributed by atoms with Crippen LogP contribution in [0.5, 0.6) is 0 Å². The Morgan fingerprint density at radius 2 is 2.41 bits per heavy atom. The summed E-state index contributed by atoms with van der Waals surface area (Å²) in [6, 6.07) is 4.45.